The van der Waals surface area contributed by atoms with E-state index >= 15 is 0 Å². The van der Waals surface area contributed by atoms with Crippen molar-refractivity contribution in [3.05, 3.63) is 47.7 Å². The molecule has 1 amide bonds. The molecule has 0 spiro atoms. The number of aromatic nitrogens is 3. The molecule has 4 heterocycles. The molecule has 1 aromatic carbocycles. The van der Waals surface area contributed by atoms with Gasteiger partial charge < -0.3 is 4.90 Å². The lowest BCUT2D eigenvalue weighted by Gasteiger charge is -2.37. The highest BCUT2D eigenvalue weighted by Crippen LogP contribution is 2.29. The summed E-state index contributed by atoms with van der Waals surface area (Å²) in [7, 11) is -2.92. The molecule has 9 heteroatoms. The van der Waals surface area contributed by atoms with Gasteiger partial charge in [0.1, 0.15) is 0 Å². The lowest BCUT2D eigenvalue weighted by molar-refractivity contribution is 0.0589. The molecule has 0 saturated carbocycles. The Morgan fingerprint density at radius 1 is 1.12 bits per heavy atom. The zero-order valence-corrected chi connectivity index (χ0v) is 20.8. The molecule has 2 fully saturated rings. The Kier molecular flexibility index (Phi) is 5.93. The quantitative estimate of drug-likeness (QED) is 0.569. The number of rotatable bonds is 4. The van der Waals surface area contributed by atoms with Crippen molar-refractivity contribution in [2.75, 3.05) is 37.7 Å². The van der Waals surface area contributed by atoms with Gasteiger partial charge >= 0.3 is 0 Å². The van der Waals surface area contributed by atoms with Crippen LogP contribution in [0, 0.1) is 6.92 Å². The number of aryl methyl sites for hydroxylation is 1. The molecule has 0 aliphatic carbocycles. The fourth-order valence-electron chi connectivity index (χ4n) is 5.10. The Hall–Kier alpha value is -2.78. The van der Waals surface area contributed by atoms with Gasteiger partial charge in [-0.05, 0) is 38.8 Å². The molecule has 1 atom stereocenters. The second-order valence-electron chi connectivity index (χ2n) is 9.68. The van der Waals surface area contributed by atoms with E-state index in [9.17, 15) is 13.2 Å². The third-order valence-electron chi connectivity index (χ3n) is 7.03. The normalized spacial score (nSPS) is 20.9. The second kappa shape index (κ2) is 8.78. The van der Waals surface area contributed by atoms with Gasteiger partial charge in [0.15, 0.2) is 15.5 Å². The summed E-state index contributed by atoms with van der Waals surface area (Å²) in [5, 5.41) is 5.30. The first-order valence-corrected chi connectivity index (χ1v) is 13.7. The van der Waals surface area contributed by atoms with Crippen LogP contribution >= 0.6 is 0 Å². The Balaban J connectivity index is 1.46. The molecule has 0 N–H and O–H groups in total. The monoisotopic (exact) mass is 481 g/mol. The van der Waals surface area contributed by atoms with Crippen LogP contribution < -0.4 is 0 Å². The van der Waals surface area contributed by atoms with E-state index in [1.54, 1.807) is 6.20 Å². The van der Waals surface area contributed by atoms with E-state index in [1.807, 2.05) is 46.8 Å². The van der Waals surface area contributed by atoms with Crippen LogP contribution in [-0.4, -0.2) is 82.6 Å². The van der Waals surface area contributed by atoms with Gasteiger partial charge in [0.2, 0.25) is 0 Å². The van der Waals surface area contributed by atoms with E-state index < -0.39 is 9.84 Å². The highest BCUT2D eigenvalue weighted by Gasteiger charge is 2.35. The molecule has 2 aromatic heterocycles. The van der Waals surface area contributed by atoms with Crippen molar-refractivity contribution in [1.82, 2.24) is 24.6 Å². The number of hydrogen-bond acceptors (Lipinski definition) is 6. The van der Waals surface area contributed by atoms with E-state index in [0.29, 0.717) is 43.8 Å². The summed E-state index contributed by atoms with van der Waals surface area (Å²) in [6.07, 6.45) is 2.44. The Morgan fingerprint density at radius 2 is 1.85 bits per heavy atom. The van der Waals surface area contributed by atoms with E-state index in [2.05, 4.69) is 23.8 Å². The largest absolute Gasteiger partial charge is 0.336 e. The van der Waals surface area contributed by atoms with Crippen LogP contribution in [0.5, 0.6) is 0 Å². The summed E-state index contributed by atoms with van der Waals surface area (Å²) < 4.78 is 25.6. The highest BCUT2D eigenvalue weighted by atomic mass is 32.2. The second-order valence-corrected chi connectivity index (χ2v) is 11.9. The fourth-order valence-corrected chi connectivity index (χ4v) is 6.86. The molecule has 8 nitrogen and oxygen atoms in total. The summed E-state index contributed by atoms with van der Waals surface area (Å²) in [6.45, 7) is 8.70. The Morgan fingerprint density at radius 3 is 2.50 bits per heavy atom. The first kappa shape index (κ1) is 23.0. The van der Waals surface area contributed by atoms with Gasteiger partial charge in [-0.1, -0.05) is 24.3 Å². The molecule has 180 valence electrons. The minimum absolute atomic E-state index is 0.0239. The molecule has 2 aliphatic heterocycles. The van der Waals surface area contributed by atoms with Crippen molar-refractivity contribution in [2.24, 2.45) is 0 Å². The van der Waals surface area contributed by atoms with Crippen LogP contribution in [0.25, 0.3) is 22.3 Å². The molecule has 5 rings (SSSR count). The van der Waals surface area contributed by atoms with E-state index in [1.165, 1.54) is 0 Å². The molecule has 34 heavy (non-hydrogen) atoms. The molecule has 1 unspecified atom stereocenters. The van der Waals surface area contributed by atoms with Crippen molar-refractivity contribution < 1.29 is 13.2 Å². The van der Waals surface area contributed by atoms with E-state index in [-0.39, 0.29) is 29.5 Å². The number of pyridine rings is 1. The van der Waals surface area contributed by atoms with Gasteiger partial charge in [-0.2, -0.15) is 5.10 Å². The third kappa shape index (κ3) is 4.22. The number of carbonyl (C=O) groups is 1. The smallest absolute Gasteiger partial charge is 0.254 e. The van der Waals surface area contributed by atoms with Gasteiger partial charge in [0, 0.05) is 43.8 Å². The lowest BCUT2D eigenvalue weighted by atomic mass is 10.0. The number of carbonyl (C=O) groups excluding carboxylic acids is 1. The summed E-state index contributed by atoms with van der Waals surface area (Å²) in [6, 6.07) is 10.1. The van der Waals surface area contributed by atoms with Gasteiger partial charge in [-0.15, -0.1) is 0 Å². The maximum Gasteiger partial charge on any atom is 0.254 e. The van der Waals surface area contributed by atoms with Crippen molar-refractivity contribution in [2.45, 2.75) is 39.3 Å². The minimum Gasteiger partial charge on any atom is -0.336 e. The fraction of sp³-hybridized carbons (Fsp3) is 0.480. The maximum absolute atomic E-state index is 13.7. The molecule has 2 saturated heterocycles. The third-order valence-corrected chi connectivity index (χ3v) is 8.78. The first-order valence-electron chi connectivity index (χ1n) is 11.9. The van der Waals surface area contributed by atoms with Gasteiger partial charge in [0.05, 0.1) is 34.3 Å². The Labute approximate surface area is 200 Å². The lowest BCUT2D eigenvalue weighted by Crippen LogP contribution is -2.52. The minimum atomic E-state index is -2.92. The number of benzene rings is 1. The number of hydrogen-bond donors (Lipinski definition) is 0. The molecular formula is C25H31N5O3S. The zero-order valence-electron chi connectivity index (χ0n) is 19.9. The predicted molar refractivity (Wildman–Crippen MR) is 133 cm³/mol. The standard InChI is InChI=1S/C25H31N5O3S/c1-17(2)30-24-22(15-26-30)21(14-23(27-24)20-7-5-4-6-18(20)3)25(31)29-11-9-28(10-12-29)19-8-13-34(32,33)16-19/h4-7,14-15,17,19H,8-13,16H2,1-3H3. The zero-order chi connectivity index (χ0) is 24.0. The van der Waals surface area contributed by atoms with Crippen molar-refractivity contribution in [3.8, 4) is 11.3 Å². The molecule has 0 bridgehead atoms. The van der Waals surface area contributed by atoms with Crippen LogP contribution in [0.4, 0.5) is 0 Å². The van der Waals surface area contributed by atoms with Crippen LogP contribution in [0.15, 0.2) is 36.5 Å². The number of piperazine rings is 1. The van der Waals surface area contributed by atoms with E-state index in [0.717, 1.165) is 22.2 Å². The summed E-state index contributed by atoms with van der Waals surface area (Å²) in [5.41, 5.74) is 4.21. The van der Waals surface area contributed by atoms with Crippen molar-refractivity contribution in [1.29, 1.82) is 0 Å². The molecule has 3 aromatic rings. The van der Waals surface area contributed by atoms with Gasteiger partial charge in [-0.25, -0.2) is 18.1 Å². The average Bonchev–Trinajstić information content (AvgIpc) is 3.41. The summed E-state index contributed by atoms with van der Waals surface area (Å²) in [5.74, 6) is 0.484. The van der Waals surface area contributed by atoms with Crippen molar-refractivity contribution in [3.63, 3.8) is 0 Å². The molecule has 0 radical (unpaired) electrons. The first-order chi connectivity index (χ1) is 16.2. The Bertz CT molecular complexity index is 1340. The highest BCUT2D eigenvalue weighted by molar-refractivity contribution is 7.91. The van der Waals surface area contributed by atoms with Crippen LogP contribution in [0.3, 0.4) is 0 Å². The summed E-state index contributed by atoms with van der Waals surface area (Å²) >= 11 is 0. The predicted octanol–water partition coefficient (Wildman–Crippen LogP) is 2.93. The SMILES string of the molecule is Cc1ccccc1-c1cc(C(=O)N2CCN(C3CCS(=O)(=O)C3)CC2)c2cnn(C(C)C)c2n1. The van der Waals surface area contributed by atoms with Gasteiger partial charge in [0.25, 0.3) is 5.91 Å². The van der Waals surface area contributed by atoms with Crippen LogP contribution in [-0.2, 0) is 9.84 Å². The average molecular weight is 482 g/mol. The van der Waals surface area contributed by atoms with Crippen LogP contribution in [0.1, 0.15) is 42.2 Å². The molecular weight excluding hydrogens is 450 g/mol. The number of amides is 1. The number of nitrogens with zero attached hydrogens (tertiary/aromatic N) is 5. The van der Waals surface area contributed by atoms with Gasteiger partial charge in [-0.3, -0.25) is 9.69 Å². The summed E-state index contributed by atoms with van der Waals surface area (Å²) in [4.78, 5) is 22.8. The van der Waals surface area contributed by atoms with E-state index in [4.69, 9.17) is 4.98 Å². The maximum atomic E-state index is 13.7. The van der Waals surface area contributed by atoms with Crippen LogP contribution in [0.2, 0.25) is 0 Å². The van der Waals surface area contributed by atoms with Crippen molar-refractivity contribution >= 4 is 26.8 Å². The molecule has 2 aliphatic rings. The topological polar surface area (TPSA) is 88.4 Å². The number of fused-ring (bicyclic) bond motifs is 1. The number of sulfone groups is 1.